The van der Waals surface area contributed by atoms with Crippen LogP contribution in [0.4, 0.5) is 0 Å². The fourth-order valence-corrected chi connectivity index (χ4v) is 2.67. The van der Waals surface area contributed by atoms with Crippen LogP contribution in [0.25, 0.3) is 0 Å². The van der Waals surface area contributed by atoms with Gasteiger partial charge >= 0.3 is 5.97 Å². The molecule has 1 aliphatic rings. The molecule has 1 N–H and O–H groups in total. The fourth-order valence-electron chi connectivity index (χ4n) is 2.67. The molecule has 1 aromatic heterocycles. The van der Waals surface area contributed by atoms with Crippen LogP contribution in [0.15, 0.2) is 4.52 Å². The first-order valence-electron chi connectivity index (χ1n) is 6.77. The van der Waals surface area contributed by atoms with Gasteiger partial charge in [0, 0.05) is 19.5 Å². The Morgan fingerprint density at radius 3 is 2.74 bits per heavy atom. The second-order valence-corrected chi connectivity index (χ2v) is 5.50. The van der Waals surface area contributed by atoms with Crippen LogP contribution in [0.3, 0.4) is 0 Å². The largest absolute Gasteiger partial charge is 0.481 e. The SMILES string of the molecule is CCc1noc(CN2C[C@@H](C(=O)O)[C@H](C(C)C)C2)n1. The summed E-state index contributed by atoms with van der Waals surface area (Å²) in [5.74, 6) is 0.815. The Hall–Kier alpha value is -1.43. The molecule has 2 heterocycles. The molecular weight excluding hydrogens is 246 g/mol. The van der Waals surface area contributed by atoms with Crippen molar-refractivity contribution in [1.29, 1.82) is 0 Å². The highest BCUT2D eigenvalue weighted by atomic mass is 16.5. The summed E-state index contributed by atoms with van der Waals surface area (Å²) in [6, 6.07) is 0. The average molecular weight is 267 g/mol. The fraction of sp³-hybridized carbons (Fsp3) is 0.769. The molecule has 6 nitrogen and oxygen atoms in total. The Morgan fingerprint density at radius 2 is 2.26 bits per heavy atom. The van der Waals surface area contributed by atoms with E-state index in [1.807, 2.05) is 6.92 Å². The number of nitrogens with zero attached hydrogens (tertiary/aromatic N) is 3. The Kier molecular flexibility index (Phi) is 4.19. The minimum absolute atomic E-state index is 0.186. The van der Waals surface area contributed by atoms with Gasteiger partial charge in [-0.25, -0.2) is 0 Å². The third-order valence-corrected chi connectivity index (χ3v) is 3.80. The van der Waals surface area contributed by atoms with Crippen LogP contribution >= 0.6 is 0 Å². The van der Waals surface area contributed by atoms with Gasteiger partial charge in [0.25, 0.3) is 0 Å². The molecule has 106 valence electrons. The van der Waals surface area contributed by atoms with Gasteiger partial charge in [0.2, 0.25) is 5.89 Å². The van der Waals surface area contributed by atoms with E-state index < -0.39 is 5.97 Å². The molecule has 0 spiro atoms. The van der Waals surface area contributed by atoms with Crippen LogP contribution in [-0.4, -0.2) is 39.2 Å². The van der Waals surface area contributed by atoms with Gasteiger partial charge in [-0.3, -0.25) is 9.69 Å². The molecule has 0 unspecified atom stereocenters. The van der Waals surface area contributed by atoms with Gasteiger partial charge in [0.05, 0.1) is 12.5 Å². The summed E-state index contributed by atoms with van der Waals surface area (Å²) in [7, 11) is 0. The van der Waals surface area contributed by atoms with Crippen LogP contribution in [0.1, 0.15) is 32.5 Å². The molecule has 19 heavy (non-hydrogen) atoms. The lowest BCUT2D eigenvalue weighted by Gasteiger charge is -2.18. The number of hydrogen-bond donors (Lipinski definition) is 1. The quantitative estimate of drug-likeness (QED) is 0.869. The van der Waals surface area contributed by atoms with Gasteiger partial charge in [-0.05, 0) is 11.8 Å². The van der Waals surface area contributed by atoms with Crippen LogP contribution < -0.4 is 0 Å². The number of rotatable bonds is 5. The van der Waals surface area contributed by atoms with Gasteiger partial charge in [0.1, 0.15) is 0 Å². The van der Waals surface area contributed by atoms with Gasteiger partial charge in [-0.2, -0.15) is 4.98 Å². The summed E-state index contributed by atoms with van der Waals surface area (Å²) in [6.07, 6.45) is 0.746. The topological polar surface area (TPSA) is 79.5 Å². The molecule has 1 saturated heterocycles. The molecule has 0 amide bonds. The molecule has 0 aromatic carbocycles. The summed E-state index contributed by atoms with van der Waals surface area (Å²) < 4.78 is 5.16. The van der Waals surface area contributed by atoms with Gasteiger partial charge in [-0.15, -0.1) is 0 Å². The Morgan fingerprint density at radius 1 is 1.53 bits per heavy atom. The van der Waals surface area contributed by atoms with E-state index >= 15 is 0 Å². The second kappa shape index (κ2) is 5.69. The van der Waals surface area contributed by atoms with Crippen LogP contribution in [0, 0.1) is 17.8 Å². The van der Waals surface area contributed by atoms with Gasteiger partial charge in [0.15, 0.2) is 5.82 Å². The zero-order valence-corrected chi connectivity index (χ0v) is 11.7. The van der Waals surface area contributed by atoms with Gasteiger partial charge < -0.3 is 9.63 Å². The van der Waals surface area contributed by atoms with E-state index in [0.717, 1.165) is 13.0 Å². The maximum atomic E-state index is 11.3. The molecule has 0 saturated carbocycles. The lowest BCUT2D eigenvalue weighted by molar-refractivity contribution is -0.143. The monoisotopic (exact) mass is 267 g/mol. The number of aliphatic carboxylic acids is 1. The molecule has 1 aromatic rings. The highest BCUT2D eigenvalue weighted by Crippen LogP contribution is 2.30. The van der Waals surface area contributed by atoms with Crippen molar-refractivity contribution in [1.82, 2.24) is 15.0 Å². The first-order valence-corrected chi connectivity index (χ1v) is 6.77. The maximum Gasteiger partial charge on any atom is 0.308 e. The average Bonchev–Trinajstić information content (AvgIpc) is 2.96. The number of aryl methyl sites for hydroxylation is 1. The number of likely N-dealkylation sites (tertiary alicyclic amines) is 1. The lowest BCUT2D eigenvalue weighted by atomic mass is 9.86. The van der Waals surface area contributed by atoms with Crippen molar-refractivity contribution in [2.75, 3.05) is 13.1 Å². The van der Waals surface area contributed by atoms with E-state index in [9.17, 15) is 9.90 Å². The summed E-state index contributed by atoms with van der Waals surface area (Å²) >= 11 is 0. The van der Waals surface area contributed by atoms with Crippen molar-refractivity contribution >= 4 is 5.97 Å². The van der Waals surface area contributed by atoms with Crippen molar-refractivity contribution in [2.24, 2.45) is 17.8 Å². The summed E-state index contributed by atoms with van der Waals surface area (Å²) in [5.41, 5.74) is 0. The number of carboxylic acids is 1. The first kappa shape index (κ1) is 14.0. The van der Waals surface area contributed by atoms with E-state index in [1.54, 1.807) is 0 Å². The minimum Gasteiger partial charge on any atom is -0.481 e. The maximum absolute atomic E-state index is 11.3. The van der Waals surface area contributed by atoms with Crippen molar-refractivity contribution in [3.8, 4) is 0 Å². The van der Waals surface area contributed by atoms with Crippen LogP contribution in [-0.2, 0) is 17.8 Å². The third kappa shape index (κ3) is 3.12. The molecule has 0 radical (unpaired) electrons. The van der Waals surface area contributed by atoms with E-state index in [0.29, 0.717) is 30.7 Å². The van der Waals surface area contributed by atoms with Crippen LogP contribution in [0.5, 0.6) is 0 Å². The van der Waals surface area contributed by atoms with E-state index in [2.05, 4.69) is 28.9 Å². The normalized spacial score (nSPS) is 24.2. The van der Waals surface area contributed by atoms with Crippen molar-refractivity contribution in [3.63, 3.8) is 0 Å². The van der Waals surface area contributed by atoms with E-state index in [4.69, 9.17) is 4.52 Å². The summed E-state index contributed by atoms with van der Waals surface area (Å²) in [6.45, 7) is 8.00. The standard InChI is InChI=1S/C13H21N3O3/c1-4-11-14-12(19-15-11)7-16-5-9(8(2)3)10(6-16)13(17)18/h8-10H,4-7H2,1-3H3,(H,17,18)/t9-,10+/m0/s1. The summed E-state index contributed by atoms with van der Waals surface area (Å²) in [4.78, 5) is 17.6. The Balaban J connectivity index is 2.01. The molecular formula is C13H21N3O3. The van der Waals surface area contributed by atoms with Crippen molar-refractivity contribution in [2.45, 2.75) is 33.7 Å². The zero-order valence-electron chi connectivity index (χ0n) is 11.7. The van der Waals surface area contributed by atoms with Crippen molar-refractivity contribution in [3.05, 3.63) is 11.7 Å². The Labute approximate surface area is 112 Å². The molecule has 6 heteroatoms. The summed E-state index contributed by atoms with van der Waals surface area (Å²) in [5, 5.41) is 13.1. The lowest BCUT2D eigenvalue weighted by Crippen LogP contribution is -2.25. The van der Waals surface area contributed by atoms with Crippen LogP contribution in [0.2, 0.25) is 0 Å². The molecule has 0 aliphatic carbocycles. The predicted octanol–water partition coefficient (Wildman–Crippen LogP) is 1.42. The van der Waals surface area contributed by atoms with E-state index in [-0.39, 0.29) is 11.8 Å². The van der Waals surface area contributed by atoms with Crippen molar-refractivity contribution < 1.29 is 14.4 Å². The molecule has 2 atom stereocenters. The van der Waals surface area contributed by atoms with E-state index in [1.165, 1.54) is 0 Å². The third-order valence-electron chi connectivity index (χ3n) is 3.80. The van der Waals surface area contributed by atoms with Gasteiger partial charge in [-0.1, -0.05) is 25.9 Å². The highest BCUT2D eigenvalue weighted by molar-refractivity contribution is 5.71. The number of carboxylic acid groups (broad SMARTS) is 1. The first-order chi connectivity index (χ1) is 9.01. The minimum atomic E-state index is -0.707. The zero-order chi connectivity index (χ0) is 14.0. The molecule has 1 fully saturated rings. The highest BCUT2D eigenvalue weighted by Gasteiger charge is 2.39. The predicted molar refractivity (Wildman–Crippen MR) is 68.4 cm³/mol. The second-order valence-electron chi connectivity index (χ2n) is 5.50. The number of hydrogen-bond acceptors (Lipinski definition) is 5. The smallest absolute Gasteiger partial charge is 0.308 e. The Bertz CT molecular complexity index is 444. The molecule has 2 rings (SSSR count). The molecule has 1 aliphatic heterocycles. The molecule has 0 bridgehead atoms. The number of carbonyl (C=O) groups is 1. The number of aromatic nitrogens is 2.